The van der Waals surface area contributed by atoms with Crippen LogP contribution in [0.5, 0.6) is 11.5 Å². The van der Waals surface area contributed by atoms with Crippen molar-refractivity contribution in [3.63, 3.8) is 0 Å². The van der Waals surface area contributed by atoms with Crippen molar-refractivity contribution in [2.45, 2.75) is 19.4 Å². The van der Waals surface area contributed by atoms with Crippen molar-refractivity contribution >= 4 is 17.5 Å². The summed E-state index contributed by atoms with van der Waals surface area (Å²) in [7, 11) is 1.44. The second-order valence-electron chi connectivity index (χ2n) is 3.71. The maximum atomic E-state index is 11.8. The zero-order chi connectivity index (χ0) is 12.8. The van der Waals surface area contributed by atoms with E-state index in [1.807, 2.05) is 6.92 Å². The van der Waals surface area contributed by atoms with E-state index >= 15 is 0 Å². The smallest absolute Gasteiger partial charge is 0.255 e. The molecule has 1 aromatic carbocycles. The van der Waals surface area contributed by atoms with Gasteiger partial charge in [-0.05, 0) is 25.5 Å². The number of hydrogen-bond donors (Lipinski definition) is 2. The number of methoxy groups -OCH3 is 1. The lowest BCUT2D eigenvalue weighted by molar-refractivity contribution is 0.0936. The molecule has 0 aliphatic rings. The number of nitrogens with one attached hydrogen (secondary N) is 1. The van der Waals surface area contributed by atoms with E-state index in [0.29, 0.717) is 12.3 Å². The quantitative estimate of drug-likeness (QED) is 0.795. The number of rotatable bonds is 5. The molecule has 4 nitrogen and oxygen atoms in total. The van der Waals surface area contributed by atoms with Gasteiger partial charge in [-0.15, -0.1) is 11.6 Å². The van der Waals surface area contributed by atoms with Crippen LogP contribution in [0.25, 0.3) is 0 Å². The third kappa shape index (κ3) is 3.53. The van der Waals surface area contributed by atoms with Gasteiger partial charge in [-0.2, -0.15) is 0 Å². The Morgan fingerprint density at radius 1 is 1.59 bits per heavy atom. The Labute approximate surface area is 106 Å². The Morgan fingerprint density at radius 2 is 2.29 bits per heavy atom. The minimum Gasteiger partial charge on any atom is -0.504 e. The number of alkyl halides is 1. The highest BCUT2D eigenvalue weighted by atomic mass is 35.5. The molecule has 1 aromatic rings. The number of carbonyl (C=O) groups is 1. The molecule has 0 radical (unpaired) electrons. The van der Waals surface area contributed by atoms with Crippen molar-refractivity contribution in [2.24, 2.45) is 0 Å². The van der Waals surface area contributed by atoms with Gasteiger partial charge in [0.25, 0.3) is 5.91 Å². The zero-order valence-electron chi connectivity index (χ0n) is 9.87. The van der Waals surface area contributed by atoms with Crippen LogP contribution in [0.4, 0.5) is 0 Å². The highest BCUT2D eigenvalue weighted by molar-refractivity contribution is 6.17. The fraction of sp³-hybridized carbons (Fsp3) is 0.417. The lowest BCUT2D eigenvalue weighted by Gasteiger charge is -2.13. The number of phenolic OH excluding ortho intramolecular Hbond substituents is 1. The van der Waals surface area contributed by atoms with Crippen LogP contribution in [0.2, 0.25) is 0 Å². The third-order valence-corrected chi connectivity index (χ3v) is 2.60. The molecular weight excluding hydrogens is 242 g/mol. The van der Waals surface area contributed by atoms with Crippen molar-refractivity contribution in [1.82, 2.24) is 5.32 Å². The molecule has 0 aliphatic heterocycles. The summed E-state index contributed by atoms with van der Waals surface area (Å²) in [5.74, 6) is 0.276. The van der Waals surface area contributed by atoms with Crippen LogP contribution in [0.1, 0.15) is 23.7 Å². The van der Waals surface area contributed by atoms with Crippen molar-refractivity contribution in [3.8, 4) is 11.5 Å². The predicted octanol–water partition coefficient (Wildman–Crippen LogP) is 2.15. The van der Waals surface area contributed by atoms with Gasteiger partial charge in [0.1, 0.15) is 0 Å². The first-order valence-corrected chi connectivity index (χ1v) is 5.86. The molecule has 0 fully saturated rings. The average molecular weight is 258 g/mol. The number of para-hydroxylation sites is 1. The standard InChI is InChI=1S/C12H16ClNO3/c1-8(6-7-13)14-12(16)9-4-3-5-10(17-2)11(9)15/h3-5,8,15H,6-7H2,1-2H3,(H,14,16). The van der Waals surface area contributed by atoms with Crippen LogP contribution in [0.15, 0.2) is 18.2 Å². The van der Waals surface area contributed by atoms with E-state index in [1.54, 1.807) is 18.2 Å². The van der Waals surface area contributed by atoms with Gasteiger partial charge >= 0.3 is 0 Å². The van der Waals surface area contributed by atoms with Crippen molar-refractivity contribution in [3.05, 3.63) is 23.8 Å². The number of phenols is 1. The fourth-order valence-corrected chi connectivity index (χ4v) is 1.73. The summed E-state index contributed by atoms with van der Waals surface area (Å²) in [6, 6.07) is 4.75. The van der Waals surface area contributed by atoms with Crippen molar-refractivity contribution < 1.29 is 14.6 Å². The Bertz CT molecular complexity index is 395. The van der Waals surface area contributed by atoms with E-state index < -0.39 is 0 Å². The first-order valence-electron chi connectivity index (χ1n) is 5.33. The molecule has 94 valence electrons. The minimum atomic E-state index is -0.334. The molecule has 0 saturated carbocycles. The molecule has 1 amide bonds. The van der Waals surface area contributed by atoms with Crippen molar-refractivity contribution in [1.29, 1.82) is 0 Å². The number of amides is 1. The molecule has 1 rings (SSSR count). The van der Waals surface area contributed by atoms with Gasteiger partial charge in [0.15, 0.2) is 11.5 Å². The summed E-state index contributed by atoms with van der Waals surface area (Å²) >= 11 is 5.58. The fourth-order valence-electron chi connectivity index (χ4n) is 1.41. The second kappa shape index (κ2) is 6.35. The van der Waals surface area contributed by atoms with E-state index in [-0.39, 0.29) is 29.0 Å². The number of ether oxygens (including phenoxy) is 1. The molecular formula is C12H16ClNO3. The lowest BCUT2D eigenvalue weighted by Crippen LogP contribution is -2.32. The first kappa shape index (κ1) is 13.6. The molecule has 17 heavy (non-hydrogen) atoms. The van der Waals surface area contributed by atoms with E-state index in [0.717, 1.165) is 0 Å². The van der Waals surface area contributed by atoms with Crippen LogP contribution >= 0.6 is 11.6 Å². The van der Waals surface area contributed by atoms with Crippen LogP contribution in [-0.4, -0.2) is 30.0 Å². The Morgan fingerprint density at radius 3 is 2.88 bits per heavy atom. The first-order chi connectivity index (χ1) is 8.10. The van der Waals surface area contributed by atoms with Crippen LogP contribution in [0.3, 0.4) is 0 Å². The topological polar surface area (TPSA) is 58.6 Å². The SMILES string of the molecule is COc1cccc(C(=O)NC(C)CCCl)c1O. The van der Waals surface area contributed by atoms with Gasteiger partial charge in [0, 0.05) is 11.9 Å². The van der Waals surface area contributed by atoms with Gasteiger partial charge in [0.05, 0.1) is 12.7 Å². The predicted molar refractivity (Wildman–Crippen MR) is 66.9 cm³/mol. The van der Waals surface area contributed by atoms with E-state index in [1.165, 1.54) is 7.11 Å². The highest BCUT2D eigenvalue weighted by Crippen LogP contribution is 2.29. The number of halogens is 1. The van der Waals surface area contributed by atoms with Gasteiger partial charge < -0.3 is 15.2 Å². The summed E-state index contributed by atoms with van der Waals surface area (Å²) in [5.41, 5.74) is 0.200. The van der Waals surface area contributed by atoms with Crippen LogP contribution in [-0.2, 0) is 0 Å². The molecule has 2 N–H and O–H groups in total. The normalized spacial score (nSPS) is 11.9. The van der Waals surface area contributed by atoms with E-state index in [2.05, 4.69) is 5.32 Å². The van der Waals surface area contributed by atoms with Crippen LogP contribution < -0.4 is 10.1 Å². The van der Waals surface area contributed by atoms with Crippen LogP contribution in [0, 0.1) is 0 Å². The molecule has 1 atom stereocenters. The van der Waals surface area contributed by atoms with Gasteiger partial charge in [0.2, 0.25) is 0 Å². The molecule has 1 unspecified atom stereocenters. The number of benzene rings is 1. The summed E-state index contributed by atoms with van der Waals surface area (Å²) in [6.45, 7) is 1.86. The second-order valence-corrected chi connectivity index (χ2v) is 4.09. The monoisotopic (exact) mass is 257 g/mol. The number of aromatic hydroxyl groups is 1. The molecule has 0 aromatic heterocycles. The zero-order valence-corrected chi connectivity index (χ0v) is 10.6. The Kier molecular flexibility index (Phi) is 5.10. The van der Waals surface area contributed by atoms with Gasteiger partial charge in [-0.1, -0.05) is 6.07 Å². The van der Waals surface area contributed by atoms with Gasteiger partial charge in [-0.25, -0.2) is 0 Å². The van der Waals surface area contributed by atoms with Gasteiger partial charge in [-0.3, -0.25) is 4.79 Å². The third-order valence-electron chi connectivity index (χ3n) is 2.38. The molecule has 0 heterocycles. The molecule has 0 bridgehead atoms. The summed E-state index contributed by atoms with van der Waals surface area (Å²) in [4.78, 5) is 11.8. The Balaban J connectivity index is 2.82. The largest absolute Gasteiger partial charge is 0.504 e. The maximum Gasteiger partial charge on any atom is 0.255 e. The highest BCUT2D eigenvalue weighted by Gasteiger charge is 2.16. The maximum absolute atomic E-state index is 11.8. The number of carbonyl (C=O) groups excluding carboxylic acids is 1. The van der Waals surface area contributed by atoms with Crippen molar-refractivity contribution in [2.75, 3.05) is 13.0 Å². The Hall–Kier alpha value is -1.42. The lowest BCUT2D eigenvalue weighted by atomic mass is 10.1. The number of hydrogen-bond acceptors (Lipinski definition) is 3. The van der Waals surface area contributed by atoms with E-state index in [4.69, 9.17) is 16.3 Å². The molecule has 0 spiro atoms. The molecule has 5 heteroatoms. The summed E-state index contributed by atoms with van der Waals surface area (Å²) in [5, 5.41) is 12.5. The minimum absolute atomic E-state index is 0.0365. The summed E-state index contributed by atoms with van der Waals surface area (Å²) in [6.07, 6.45) is 0.679. The molecule has 0 saturated heterocycles. The average Bonchev–Trinajstić information content (AvgIpc) is 2.29. The molecule has 0 aliphatic carbocycles. The van der Waals surface area contributed by atoms with E-state index in [9.17, 15) is 9.90 Å². The summed E-state index contributed by atoms with van der Waals surface area (Å²) < 4.78 is 4.94.